The predicted molar refractivity (Wildman–Crippen MR) is 123 cm³/mol. The summed E-state index contributed by atoms with van der Waals surface area (Å²) in [7, 11) is 0. The normalized spacial score (nSPS) is 15.3. The molecule has 0 bridgehead atoms. The summed E-state index contributed by atoms with van der Waals surface area (Å²) >= 11 is 2.23. The fraction of sp³-hybridized carbons (Fsp3) is 0.227. The number of hydrogen-bond acceptors (Lipinski definition) is 7. The van der Waals surface area contributed by atoms with Crippen LogP contribution < -0.4 is 5.32 Å². The second-order valence-corrected chi connectivity index (χ2v) is 9.08. The number of carbonyl (C=O) groups is 3. The van der Waals surface area contributed by atoms with Gasteiger partial charge in [-0.05, 0) is 49.7 Å². The summed E-state index contributed by atoms with van der Waals surface area (Å²) in [5.41, 5.74) is 2.54. The summed E-state index contributed by atoms with van der Waals surface area (Å²) in [6.07, 6.45) is 1.70. The zero-order valence-corrected chi connectivity index (χ0v) is 18.9. The first-order valence-corrected chi connectivity index (χ1v) is 11.3. The highest BCUT2D eigenvalue weighted by molar-refractivity contribution is 8.18. The Morgan fingerprint density at radius 3 is 2.61 bits per heavy atom. The van der Waals surface area contributed by atoms with Crippen LogP contribution in [0.2, 0.25) is 0 Å². The molecule has 7 nitrogen and oxygen atoms in total. The lowest BCUT2D eigenvalue weighted by atomic mass is 10.1. The van der Waals surface area contributed by atoms with Gasteiger partial charge in [0.05, 0.1) is 9.78 Å². The number of aryl methyl sites for hydroxylation is 3. The van der Waals surface area contributed by atoms with Gasteiger partial charge in [0.2, 0.25) is 0 Å². The van der Waals surface area contributed by atoms with E-state index in [4.69, 9.17) is 0 Å². The molecule has 1 aromatic carbocycles. The van der Waals surface area contributed by atoms with Crippen LogP contribution >= 0.6 is 23.1 Å². The van der Waals surface area contributed by atoms with Gasteiger partial charge in [0.1, 0.15) is 10.7 Å². The molecule has 0 spiro atoms. The van der Waals surface area contributed by atoms with Crippen molar-refractivity contribution >= 4 is 56.4 Å². The molecule has 3 aromatic rings. The number of amides is 3. The third kappa shape index (κ3) is 4.24. The Hall–Kier alpha value is -3.04. The van der Waals surface area contributed by atoms with Gasteiger partial charge >= 0.3 is 0 Å². The van der Waals surface area contributed by atoms with Crippen molar-refractivity contribution in [3.63, 3.8) is 0 Å². The smallest absolute Gasteiger partial charge is 0.293 e. The number of imide groups is 1. The number of nitrogens with one attached hydrogen (secondary N) is 1. The van der Waals surface area contributed by atoms with Gasteiger partial charge in [0.15, 0.2) is 0 Å². The summed E-state index contributed by atoms with van der Waals surface area (Å²) in [6.45, 7) is 5.90. The van der Waals surface area contributed by atoms with E-state index >= 15 is 0 Å². The molecule has 1 aliphatic rings. The lowest BCUT2D eigenvalue weighted by Crippen LogP contribution is -2.37. The maximum Gasteiger partial charge on any atom is 0.293 e. The molecule has 1 saturated heterocycles. The van der Waals surface area contributed by atoms with Crippen LogP contribution in [-0.2, 0) is 4.79 Å². The number of nitrogens with zero attached hydrogens (tertiary/aromatic N) is 3. The van der Waals surface area contributed by atoms with E-state index in [1.54, 1.807) is 6.08 Å². The van der Waals surface area contributed by atoms with Gasteiger partial charge in [-0.2, -0.15) is 0 Å². The van der Waals surface area contributed by atoms with Crippen LogP contribution in [0.5, 0.6) is 0 Å². The van der Waals surface area contributed by atoms with Crippen LogP contribution in [0, 0.1) is 20.8 Å². The molecule has 9 heteroatoms. The predicted octanol–water partition coefficient (Wildman–Crippen LogP) is 4.08. The standard InChI is InChI=1S/C22H20N4O3S2/c1-12-17-13(2)24-14(3)25-20(17)31-18(12)19(27)23-9-10-26-21(28)16(30-22(26)29)11-15-7-5-4-6-8-15/h4-8,11H,9-10H2,1-3H3,(H,23,27)/b16-11-. The van der Waals surface area contributed by atoms with Crippen molar-refractivity contribution in [3.8, 4) is 0 Å². The SMILES string of the molecule is Cc1nc(C)c2c(C)c(C(=O)NCCN3C(=O)S/C(=C\c4ccccc4)C3=O)sc2n1. The van der Waals surface area contributed by atoms with Gasteiger partial charge in [0, 0.05) is 24.2 Å². The molecule has 158 valence electrons. The molecule has 1 aliphatic heterocycles. The van der Waals surface area contributed by atoms with E-state index in [2.05, 4.69) is 15.3 Å². The lowest BCUT2D eigenvalue weighted by Gasteiger charge is -2.12. The number of rotatable bonds is 5. The number of aromatic nitrogens is 2. The van der Waals surface area contributed by atoms with E-state index in [1.807, 2.05) is 51.1 Å². The van der Waals surface area contributed by atoms with Gasteiger partial charge in [-0.15, -0.1) is 11.3 Å². The fourth-order valence-corrected chi connectivity index (χ4v) is 5.50. The Labute approximate surface area is 187 Å². The average Bonchev–Trinajstić information content (AvgIpc) is 3.19. The van der Waals surface area contributed by atoms with E-state index in [9.17, 15) is 14.4 Å². The Kier molecular flexibility index (Phi) is 5.88. The van der Waals surface area contributed by atoms with Crippen LogP contribution in [0.15, 0.2) is 35.2 Å². The minimum absolute atomic E-state index is 0.115. The van der Waals surface area contributed by atoms with E-state index < -0.39 is 0 Å². The molecule has 4 rings (SSSR count). The topological polar surface area (TPSA) is 92.3 Å². The van der Waals surface area contributed by atoms with Crippen LogP contribution in [0.25, 0.3) is 16.3 Å². The largest absolute Gasteiger partial charge is 0.350 e. The average molecular weight is 453 g/mol. The second-order valence-electron chi connectivity index (χ2n) is 7.09. The fourth-order valence-electron chi connectivity index (χ4n) is 3.45. The van der Waals surface area contributed by atoms with Crippen LogP contribution in [0.1, 0.15) is 32.3 Å². The summed E-state index contributed by atoms with van der Waals surface area (Å²) in [4.78, 5) is 49.3. The van der Waals surface area contributed by atoms with Crippen molar-refractivity contribution < 1.29 is 14.4 Å². The molecule has 0 saturated carbocycles. The summed E-state index contributed by atoms with van der Waals surface area (Å²) in [5, 5.41) is 3.38. The van der Waals surface area contributed by atoms with Crippen LogP contribution in [0.4, 0.5) is 4.79 Å². The van der Waals surface area contributed by atoms with Crippen molar-refractivity contribution in [1.29, 1.82) is 0 Å². The van der Waals surface area contributed by atoms with Crippen molar-refractivity contribution in [1.82, 2.24) is 20.2 Å². The monoisotopic (exact) mass is 452 g/mol. The molecule has 3 heterocycles. The third-order valence-corrected chi connectivity index (χ3v) is 6.97. The zero-order valence-electron chi connectivity index (χ0n) is 17.3. The van der Waals surface area contributed by atoms with Gasteiger partial charge in [-0.25, -0.2) is 9.97 Å². The molecule has 0 unspecified atom stereocenters. The Morgan fingerprint density at radius 1 is 1.13 bits per heavy atom. The molecule has 3 amide bonds. The Bertz CT molecular complexity index is 1230. The van der Waals surface area contributed by atoms with Gasteiger partial charge in [0.25, 0.3) is 17.1 Å². The van der Waals surface area contributed by atoms with Gasteiger partial charge in [-0.1, -0.05) is 30.3 Å². The highest BCUT2D eigenvalue weighted by Gasteiger charge is 2.34. The summed E-state index contributed by atoms with van der Waals surface area (Å²) < 4.78 is 0. The van der Waals surface area contributed by atoms with E-state index in [-0.39, 0.29) is 30.1 Å². The van der Waals surface area contributed by atoms with E-state index in [0.29, 0.717) is 15.6 Å². The highest BCUT2D eigenvalue weighted by atomic mass is 32.2. The number of thiophene rings is 1. The molecule has 0 atom stereocenters. The minimum atomic E-state index is -0.340. The number of benzene rings is 1. The number of hydrogen-bond donors (Lipinski definition) is 1. The molecule has 0 radical (unpaired) electrons. The van der Waals surface area contributed by atoms with E-state index in [1.165, 1.54) is 11.3 Å². The molecular weight excluding hydrogens is 432 g/mol. The summed E-state index contributed by atoms with van der Waals surface area (Å²) in [5.74, 6) is 0.0815. The third-order valence-electron chi connectivity index (χ3n) is 4.88. The molecular formula is C22H20N4O3S2. The number of thioether (sulfide) groups is 1. The first-order valence-electron chi connectivity index (χ1n) is 9.68. The Balaban J connectivity index is 1.42. The molecule has 1 fully saturated rings. The second kappa shape index (κ2) is 8.60. The maximum absolute atomic E-state index is 12.7. The first-order chi connectivity index (χ1) is 14.8. The number of carbonyl (C=O) groups excluding carboxylic acids is 3. The van der Waals surface area contributed by atoms with Crippen molar-refractivity contribution in [2.45, 2.75) is 20.8 Å². The first kappa shape index (κ1) is 21.2. The molecule has 0 aliphatic carbocycles. The van der Waals surface area contributed by atoms with Gasteiger partial charge in [-0.3, -0.25) is 19.3 Å². The molecule has 2 aromatic heterocycles. The Morgan fingerprint density at radius 2 is 1.87 bits per heavy atom. The minimum Gasteiger partial charge on any atom is -0.350 e. The van der Waals surface area contributed by atoms with Crippen molar-refractivity contribution in [2.24, 2.45) is 0 Å². The van der Waals surface area contributed by atoms with Crippen molar-refractivity contribution in [3.05, 3.63) is 62.8 Å². The lowest BCUT2D eigenvalue weighted by molar-refractivity contribution is -0.122. The van der Waals surface area contributed by atoms with Crippen LogP contribution in [0.3, 0.4) is 0 Å². The van der Waals surface area contributed by atoms with Crippen LogP contribution in [-0.4, -0.2) is 45.0 Å². The quantitative estimate of drug-likeness (QED) is 0.587. The molecule has 31 heavy (non-hydrogen) atoms. The zero-order chi connectivity index (χ0) is 22.1. The highest BCUT2D eigenvalue weighted by Crippen LogP contribution is 2.32. The van der Waals surface area contributed by atoms with E-state index in [0.717, 1.165) is 43.7 Å². The van der Waals surface area contributed by atoms with Gasteiger partial charge < -0.3 is 5.32 Å². The van der Waals surface area contributed by atoms with Crippen molar-refractivity contribution in [2.75, 3.05) is 13.1 Å². The maximum atomic E-state index is 12.7. The molecule has 1 N–H and O–H groups in total. The number of fused-ring (bicyclic) bond motifs is 1. The summed E-state index contributed by atoms with van der Waals surface area (Å²) in [6, 6.07) is 9.37.